The van der Waals surface area contributed by atoms with Crippen LogP contribution in [0.25, 0.3) is 17.2 Å². The summed E-state index contributed by atoms with van der Waals surface area (Å²) in [5, 5.41) is 30.1. The van der Waals surface area contributed by atoms with E-state index in [9.17, 15) is 19.8 Å². The van der Waals surface area contributed by atoms with Gasteiger partial charge in [-0.15, -0.1) is 5.10 Å². The first-order chi connectivity index (χ1) is 24.4. The fraction of sp³-hybridized carbons (Fsp3) is 0.417. The summed E-state index contributed by atoms with van der Waals surface area (Å²) in [6.07, 6.45) is 5.08. The van der Waals surface area contributed by atoms with Gasteiger partial charge >= 0.3 is 0 Å². The molecule has 1 amide bonds. The molecule has 4 aromatic heterocycles. The molecule has 1 saturated carbocycles. The van der Waals surface area contributed by atoms with Crippen LogP contribution >= 0.6 is 11.6 Å². The van der Waals surface area contributed by atoms with Crippen molar-refractivity contribution in [2.45, 2.75) is 82.9 Å². The first-order valence-corrected chi connectivity index (χ1v) is 17.5. The van der Waals surface area contributed by atoms with Gasteiger partial charge in [-0.2, -0.15) is 9.50 Å². The van der Waals surface area contributed by atoms with Crippen LogP contribution in [0.5, 0.6) is 5.75 Å². The van der Waals surface area contributed by atoms with E-state index in [4.69, 9.17) is 11.6 Å². The third kappa shape index (κ3) is 5.70. The molecule has 0 bridgehead atoms. The number of amides is 1. The van der Waals surface area contributed by atoms with Crippen molar-refractivity contribution < 1.29 is 19.4 Å². The highest BCUT2D eigenvalue weighted by atomic mass is 35.5. The molecule has 15 heteroatoms. The molecule has 1 spiro atoms. The largest absolute Gasteiger partial charge is 0.504 e. The van der Waals surface area contributed by atoms with Gasteiger partial charge in [-0.05, 0) is 81.5 Å². The second-order valence-corrected chi connectivity index (χ2v) is 14.5. The number of carbonyl (C=O) groups excluding carboxylic acids is 1. The Morgan fingerprint density at radius 1 is 1.16 bits per heavy atom. The number of pyridine rings is 1. The smallest absolute Gasteiger partial charge is 0.279 e. The standard InChI is InChI=1S/C36H37ClFN9O4/c1-18-14-36(8-10-45(11-9-36)34(51)29-31(49)20(3)40-17-41-29)28-30(18)46(16-27(48)42-26-7-6-22(13-24(26)37)21-4-5-21)35-43-32(44-47(35)33(28)50)23-12-19(2)39-15-25(23)38/h6-7,12-13,15,17-18,21,27,42,48-49H,4-5,8-11,14,16H2,1-3H3. The van der Waals surface area contributed by atoms with E-state index >= 15 is 4.39 Å². The maximum absolute atomic E-state index is 15.1. The van der Waals surface area contributed by atoms with Crippen molar-refractivity contribution in [1.29, 1.82) is 0 Å². The number of aliphatic hydroxyl groups is 1. The highest BCUT2D eigenvalue weighted by Gasteiger charge is 2.49. The minimum Gasteiger partial charge on any atom is -0.504 e. The van der Waals surface area contributed by atoms with Crippen molar-refractivity contribution in [2.24, 2.45) is 0 Å². The van der Waals surface area contributed by atoms with E-state index < -0.39 is 23.4 Å². The molecule has 3 aliphatic rings. The minimum atomic E-state index is -1.14. The summed E-state index contributed by atoms with van der Waals surface area (Å²) in [6.45, 7) is 6.01. The fourth-order valence-electron chi connectivity index (χ4n) is 7.96. The van der Waals surface area contributed by atoms with Gasteiger partial charge in [-0.1, -0.05) is 24.6 Å². The molecule has 2 atom stereocenters. The lowest BCUT2D eigenvalue weighted by Gasteiger charge is -2.39. The Balaban J connectivity index is 1.18. The number of hydrogen-bond acceptors (Lipinski definition) is 10. The number of nitrogens with one attached hydrogen (secondary N) is 1. The monoisotopic (exact) mass is 713 g/mol. The second-order valence-electron chi connectivity index (χ2n) is 14.1. The number of carbonyl (C=O) groups is 1. The SMILES string of the molecule is Cc1cc(-c2nc3n(CC(O)Nc4ccc(C5CC5)cc4Cl)c4c(c(=O)n3n2)C2(CCN(C(=O)c3ncnc(C)c3O)CC2)CC4C)c(F)cn1. The van der Waals surface area contributed by atoms with E-state index in [1.807, 2.05) is 29.7 Å². The van der Waals surface area contributed by atoms with E-state index in [0.717, 1.165) is 24.7 Å². The lowest BCUT2D eigenvalue weighted by Crippen LogP contribution is -2.47. The molecular weight excluding hydrogens is 677 g/mol. The van der Waals surface area contributed by atoms with Crippen molar-refractivity contribution in [3.8, 4) is 17.1 Å². The van der Waals surface area contributed by atoms with Gasteiger partial charge in [0.05, 0.1) is 34.7 Å². The summed E-state index contributed by atoms with van der Waals surface area (Å²) < 4.78 is 18.1. The molecular formula is C36H37ClFN9O4. The summed E-state index contributed by atoms with van der Waals surface area (Å²) in [4.78, 5) is 46.3. The Morgan fingerprint density at radius 2 is 1.92 bits per heavy atom. The number of likely N-dealkylation sites (tertiary alicyclic amines) is 1. The number of aryl methyl sites for hydroxylation is 2. The van der Waals surface area contributed by atoms with Crippen LogP contribution < -0.4 is 10.9 Å². The predicted octanol–water partition coefficient (Wildman–Crippen LogP) is 4.85. The molecule has 2 unspecified atom stereocenters. The number of piperidine rings is 1. The molecule has 2 fully saturated rings. The minimum absolute atomic E-state index is 0.0137. The first-order valence-electron chi connectivity index (χ1n) is 17.1. The van der Waals surface area contributed by atoms with E-state index in [1.165, 1.54) is 22.5 Å². The maximum atomic E-state index is 15.1. The molecule has 1 aliphatic heterocycles. The van der Waals surface area contributed by atoms with Gasteiger partial charge in [0.1, 0.15) is 12.6 Å². The molecule has 8 rings (SSSR count). The van der Waals surface area contributed by atoms with Gasteiger partial charge in [0, 0.05) is 35.5 Å². The molecule has 2 aliphatic carbocycles. The van der Waals surface area contributed by atoms with Crippen molar-refractivity contribution in [3.63, 3.8) is 0 Å². The molecule has 264 valence electrons. The number of fused-ring (bicyclic) bond motifs is 3. The van der Waals surface area contributed by atoms with Crippen LogP contribution in [-0.4, -0.2) is 74.5 Å². The number of nitrogens with zero attached hydrogens (tertiary/aromatic N) is 8. The second kappa shape index (κ2) is 12.4. The van der Waals surface area contributed by atoms with E-state index in [2.05, 4.69) is 30.4 Å². The maximum Gasteiger partial charge on any atom is 0.279 e. The zero-order valence-electron chi connectivity index (χ0n) is 28.4. The van der Waals surface area contributed by atoms with Crippen molar-refractivity contribution in [3.05, 3.63) is 91.9 Å². The number of hydrogen-bond donors (Lipinski definition) is 3. The van der Waals surface area contributed by atoms with Gasteiger partial charge in [-0.25, -0.2) is 14.4 Å². The highest BCUT2D eigenvalue weighted by Crippen LogP contribution is 2.50. The zero-order chi connectivity index (χ0) is 35.8. The normalized spacial score (nSPS) is 18.7. The first kappa shape index (κ1) is 33.2. The van der Waals surface area contributed by atoms with Crippen LogP contribution in [0.2, 0.25) is 5.02 Å². The number of anilines is 1. The molecule has 5 aromatic rings. The quantitative estimate of drug-likeness (QED) is 0.199. The van der Waals surface area contributed by atoms with Crippen LogP contribution in [0.1, 0.15) is 89.6 Å². The molecule has 0 radical (unpaired) electrons. The molecule has 1 saturated heterocycles. The number of aliphatic hydroxyl groups excluding tert-OH is 1. The van der Waals surface area contributed by atoms with Gasteiger partial charge in [0.25, 0.3) is 11.5 Å². The van der Waals surface area contributed by atoms with Crippen LogP contribution in [-0.2, 0) is 12.0 Å². The molecule has 3 N–H and O–H groups in total. The van der Waals surface area contributed by atoms with Crippen LogP contribution in [0, 0.1) is 19.7 Å². The Bertz CT molecular complexity index is 2280. The van der Waals surface area contributed by atoms with E-state index in [1.54, 1.807) is 18.7 Å². The molecule has 51 heavy (non-hydrogen) atoms. The van der Waals surface area contributed by atoms with E-state index in [0.29, 0.717) is 65.9 Å². The predicted molar refractivity (Wildman–Crippen MR) is 187 cm³/mol. The average molecular weight is 714 g/mol. The summed E-state index contributed by atoms with van der Waals surface area (Å²) in [7, 11) is 0. The summed E-state index contributed by atoms with van der Waals surface area (Å²) in [6, 6.07) is 7.34. The Morgan fingerprint density at radius 3 is 2.65 bits per heavy atom. The fourth-order valence-corrected chi connectivity index (χ4v) is 8.20. The number of aromatic hydroxyl groups is 1. The van der Waals surface area contributed by atoms with Gasteiger partial charge in [0.2, 0.25) is 5.78 Å². The number of aromatic nitrogens is 7. The molecule has 5 heterocycles. The van der Waals surface area contributed by atoms with E-state index in [-0.39, 0.29) is 46.6 Å². The number of benzene rings is 1. The Kier molecular flexibility index (Phi) is 8.06. The molecule has 1 aromatic carbocycles. The summed E-state index contributed by atoms with van der Waals surface area (Å²) in [5.74, 6) is -0.677. The number of halogens is 2. The lowest BCUT2D eigenvalue weighted by atomic mass is 9.73. The Hall–Kier alpha value is -4.95. The van der Waals surface area contributed by atoms with Crippen molar-refractivity contribution >= 4 is 29.0 Å². The topological polar surface area (TPSA) is 164 Å². The number of rotatable bonds is 7. The zero-order valence-corrected chi connectivity index (χ0v) is 29.2. The van der Waals surface area contributed by atoms with Gasteiger partial charge < -0.3 is 25.0 Å². The van der Waals surface area contributed by atoms with Crippen LogP contribution in [0.4, 0.5) is 10.1 Å². The van der Waals surface area contributed by atoms with Crippen molar-refractivity contribution in [2.75, 3.05) is 18.4 Å². The Labute approximate surface area is 297 Å². The molecule has 13 nitrogen and oxygen atoms in total. The van der Waals surface area contributed by atoms with Gasteiger partial charge in [0.15, 0.2) is 23.1 Å². The highest BCUT2D eigenvalue weighted by molar-refractivity contribution is 6.33. The third-order valence-corrected chi connectivity index (χ3v) is 11.0. The van der Waals surface area contributed by atoms with Crippen molar-refractivity contribution in [1.82, 2.24) is 39.0 Å². The van der Waals surface area contributed by atoms with Gasteiger partial charge in [-0.3, -0.25) is 14.6 Å². The summed E-state index contributed by atoms with van der Waals surface area (Å²) in [5.41, 5.74) is 2.98. The third-order valence-electron chi connectivity index (χ3n) is 10.6. The average Bonchev–Trinajstić information content (AvgIpc) is 3.79. The lowest BCUT2D eigenvalue weighted by molar-refractivity contribution is 0.0653. The summed E-state index contributed by atoms with van der Waals surface area (Å²) >= 11 is 6.63. The van der Waals surface area contributed by atoms with Crippen LogP contribution in [0.15, 0.2) is 41.6 Å². The van der Waals surface area contributed by atoms with Crippen LogP contribution in [0.3, 0.4) is 0 Å².